The summed E-state index contributed by atoms with van der Waals surface area (Å²) in [4.78, 5) is 0.392. The van der Waals surface area contributed by atoms with Crippen molar-refractivity contribution in [2.75, 3.05) is 13.6 Å². The fourth-order valence-corrected chi connectivity index (χ4v) is 3.66. The molecule has 1 aromatic heterocycles. The van der Waals surface area contributed by atoms with Gasteiger partial charge in [0.15, 0.2) is 0 Å². The maximum atomic E-state index is 12.6. The van der Waals surface area contributed by atoms with Gasteiger partial charge in [0, 0.05) is 45.1 Å². The van der Waals surface area contributed by atoms with Gasteiger partial charge in [-0.25, -0.2) is 12.7 Å². The van der Waals surface area contributed by atoms with E-state index in [1.807, 2.05) is 11.6 Å². The molecule has 1 saturated carbocycles. The van der Waals surface area contributed by atoms with Crippen molar-refractivity contribution in [2.45, 2.75) is 50.6 Å². The minimum Gasteiger partial charge on any atom is -0.352 e. The van der Waals surface area contributed by atoms with Crippen molar-refractivity contribution < 1.29 is 8.42 Å². The fraction of sp³-hybridized carbons (Fsp3) is 0.733. The first-order valence-electron chi connectivity index (χ1n) is 7.69. The molecule has 0 radical (unpaired) electrons. The van der Waals surface area contributed by atoms with Crippen molar-refractivity contribution in [3.05, 3.63) is 18.0 Å². The van der Waals surface area contributed by atoms with Crippen molar-refractivity contribution in [1.82, 2.24) is 14.2 Å². The van der Waals surface area contributed by atoms with Gasteiger partial charge >= 0.3 is 0 Å². The first-order valence-corrected chi connectivity index (χ1v) is 9.13. The lowest BCUT2D eigenvalue weighted by molar-refractivity contribution is 0.393. The molecule has 2 rings (SSSR count). The van der Waals surface area contributed by atoms with Crippen LogP contribution in [0.15, 0.2) is 17.2 Å². The SMILES string of the molecule is CCC(C)CN(C)S(=O)(=O)c1cc(CNC2CC2)n(C)c1. The Labute approximate surface area is 128 Å². The Morgan fingerprint density at radius 1 is 1.48 bits per heavy atom. The Morgan fingerprint density at radius 2 is 2.14 bits per heavy atom. The number of aromatic nitrogens is 1. The normalized spacial score (nSPS) is 17.4. The molecular weight excluding hydrogens is 286 g/mol. The topological polar surface area (TPSA) is 54.3 Å². The largest absolute Gasteiger partial charge is 0.352 e. The van der Waals surface area contributed by atoms with Gasteiger partial charge in [-0.3, -0.25) is 0 Å². The van der Waals surface area contributed by atoms with Crippen LogP contribution in [0.3, 0.4) is 0 Å². The number of nitrogens with zero attached hydrogens (tertiary/aromatic N) is 2. The molecule has 0 spiro atoms. The second-order valence-corrected chi connectivity index (χ2v) is 8.28. The van der Waals surface area contributed by atoms with Gasteiger partial charge in [0.05, 0.1) is 0 Å². The molecule has 0 aliphatic heterocycles. The third-order valence-corrected chi connectivity index (χ3v) is 5.99. The number of nitrogens with one attached hydrogen (secondary N) is 1. The summed E-state index contributed by atoms with van der Waals surface area (Å²) < 4.78 is 28.6. The Balaban J connectivity index is 2.09. The molecule has 5 nitrogen and oxygen atoms in total. The van der Waals surface area contributed by atoms with E-state index in [1.165, 1.54) is 17.1 Å². The lowest BCUT2D eigenvalue weighted by Gasteiger charge is -2.19. The first-order chi connectivity index (χ1) is 9.84. The van der Waals surface area contributed by atoms with Crippen LogP contribution < -0.4 is 5.32 Å². The van der Waals surface area contributed by atoms with Gasteiger partial charge in [0.2, 0.25) is 10.0 Å². The van der Waals surface area contributed by atoms with Crippen molar-refractivity contribution in [3.8, 4) is 0 Å². The maximum Gasteiger partial charge on any atom is 0.244 e. The fourth-order valence-electron chi connectivity index (χ4n) is 2.28. The zero-order chi connectivity index (χ0) is 15.6. The highest BCUT2D eigenvalue weighted by molar-refractivity contribution is 7.89. The highest BCUT2D eigenvalue weighted by Crippen LogP contribution is 2.22. The van der Waals surface area contributed by atoms with Crippen molar-refractivity contribution in [2.24, 2.45) is 13.0 Å². The van der Waals surface area contributed by atoms with Crippen LogP contribution in [0.1, 0.15) is 38.8 Å². The van der Waals surface area contributed by atoms with Gasteiger partial charge in [-0.05, 0) is 24.8 Å². The molecule has 0 aromatic carbocycles. The predicted octanol–water partition coefficient (Wildman–Crippen LogP) is 1.94. The van der Waals surface area contributed by atoms with Crippen LogP contribution in [-0.4, -0.2) is 36.9 Å². The van der Waals surface area contributed by atoms with E-state index in [4.69, 9.17) is 0 Å². The average Bonchev–Trinajstić information content (AvgIpc) is 3.18. The molecule has 1 N–H and O–H groups in total. The number of aryl methyl sites for hydroxylation is 1. The summed E-state index contributed by atoms with van der Waals surface area (Å²) in [6.07, 6.45) is 5.15. The minimum atomic E-state index is -3.38. The van der Waals surface area contributed by atoms with E-state index in [9.17, 15) is 8.42 Å². The van der Waals surface area contributed by atoms with E-state index in [0.717, 1.165) is 18.7 Å². The second kappa shape index (κ2) is 6.50. The van der Waals surface area contributed by atoms with Gasteiger partial charge in [-0.2, -0.15) is 0 Å². The van der Waals surface area contributed by atoms with Crippen LogP contribution in [-0.2, 0) is 23.6 Å². The lowest BCUT2D eigenvalue weighted by atomic mass is 10.1. The Kier molecular flexibility index (Phi) is 5.11. The average molecular weight is 313 g/mol. The van der Waals surface area contributed by atoms with Gasteiger partial charge in [-0.1, -0.05) is 20.3 Å². The summed E-state index contributed by atoms with van der Waals surface area (Å²) >= 11 is 0. The second-order valence-electron chi connectivity index (χ2n) is 6.23. The number of hydrogen-bond acceptors (Lipinski definition) is 3. The highest BCUT2D eigenvalue weighted by atomic mass is 32.2. The minimum absolute atomic E-state index is 0.365. The summed E-state index contributed by atoms with van der Waals surface area (Å²) in [6, 6.07) is 2.41. The first kappa shape index (κ1) is 16.5. The quantitative estimate of drug-likeness (QED) is 0.798. The van der Waals surface area contributed by atoms with E-state index in [2.05, 4.69) is 19.2 Å². The number of sulfonamides is 1. The highest BCUT2D eigenvalue weighted by Gasteiger charge is 2.25. The van der Waals surface area contributed by atoms with Crippen molar-refractivity contribution in [1.29, 1.82) is 0 Å². The zero-order valence-electron chi connectivity index (χ0n) is 13.5. The zero-order valence-corrected chi connectivity index (χ0v) is 14.3. The van der Waals surface area contributed by atoms with Crippen molar-refractivity contribution in [3.63, 3.8) is 0 Å². The van der Waals surface area contributed by atoms with Crippen LogP contribution in [0.25, 0.3) is 0 Å². The molecule has 6 heteroatoms. The smallest absolute Gasteiger partial charge is 0.244 e. The molecule has 21 heavy (non-hydrogen) atoms. The summed E-state index contributed by atoms with van der Waals surface area (Å²) in [5.41, 5.74) is 1.01. The number of rotatable bonds is 8. The maximum absolute atomic E-state index is 12.6. The summed E-state index contributed by atoms with van der Waals surface area (Å²) in [7, 11) is 0.180. The van der Waals surface area contributed by atoms with Crippen LogP contribution in [0.5, 0.6) is 0 Å². The molecule has 0 bridgehead atoms. The van der Waals surface area contributed by atoms with Crippen LogP contribution in [0.2, 0.25) is 0 Å². The van der Waals surface area contributed by atoms with Gasteiger partial charge < -0.3 is 9.88 Å². The molecule has 120 valence electrons. The number of hydrogen-bond donors (Lipinski definition) is 1. The summed E-state index contributed by atoms with van der Waals surface area (Å²) in [5.74, 6) is 0.365. The standard InChI is InChI=1S/C15H27N3O2S/c1-5-12(2)10-18(4)21(19,20)15-8-14(17(3)11-15)9-16-13-6-7-13/h8,11-13,16H,5-7,9-10H2,1-4H3. The molecule has 1 atom stereocenters. The molecule has 1 fully saturated rings. The monoisotopic (exact) mass is 313 g/mol. The van der Waals surface area contributed by atoms with Gasteiger partial charge in [0.1, 0.15) is 4.90 Å². The van der Waals surface area contributed by atoms with E-state index in [0.29, 0.717) is 23.4 Å². The molecule has 1 aromatic rings. The third-order valence-electron chi connectivity index (χ3n) is 4.21. The van der Waals surface area contributed by atoms with Gasteiger partial charge in [-0.15, -0.1) is 0 Å². The summed E-state index contributed by atoms with van der Waals surface area (Å²) in [5, 5.41) is 3.42. The third kappa shape index (κ3) is 4.08. The molecule has 0 saturated heterocycles. The lowest BCUT2D eigenvalue weighted by Crippen LogP contribution is -2.30. The molecular formula is C15H27N3O2S. The Morgan fingerprint density at radius 3 is 2.71 bits per heavy atom. The molecule has 1 aliphatic carbocycles. The predicted molar refractivity (Wildman–Crippen MR) is 84.5 cm³/mol. The van der Waals surface area contributed by atoms with Crippen LogP contribution in [0.4, 0.5) is 0 Å². The van der Waals surface area contributed by atoms with E-state index >= 15 is 0 Å². The van der Waals surface area contributed by atoms with Crippen molar-refractivity contribution >= 4 is 10.0 Å². The van der Waals surface area contributed by atoms with E-state index in [1.54, 1.807) is 19.3 Å². The molecule has 1 aliphatic rings. The van der Waals surface area contributed by atoms with E-state index < -0.39 is 10.0 Å². The van der Waals surface area contributed by atoms with Crippen LogP contribution in [0, 0.1) is 5.92 Å². The van der Waals surface area contributed by atoms with E-state index in [-0.39, 0.29) is 0 Å². The van der Waals surface area contributed by atoms with Gasteiger partial charge in [0.25, 0.3) is 0 Å². The molecule has 1 unspecified atom stereocenters. The molecule has 0 amide bonds. The van der Waals surface area contributed by atoms with Crippen LogP contribution >= 0.6 is 0 Å². The Hall–Kier alpha value is -0.850. The molecule has 1 heterocycles. The summed E-state index contributed by atoms with van der Waals surface area (Å²) in [6.45, 7) is 5.44. The Bertz CT molecular complexity index is 576.